The van der Waals surface area contributed by atoms with Gasteiger partial charge in [-0.15, -0.1) is 10.2 Å². The van der Waals surface area contributed by atoms with E-state index in [1.54, 1.807) is 16.8 Å². The van der Waals surface area contributed by atoms with Gasteiger partial charge in [0.05, 0.1) is 11.6 Å². The number of rotatable bonds is 6. The van der Waals surface area contributed by atoms with Crippen molar-refractivity contribution in [1.29, 1.82) is 0 Å². The summed E-state index contributed by atoms with van der Waals surface area (Å²) < 4.78 is 14.9. The number of benzene rings is 2. The summed E-state index contributed by atoms with van der Waals surface area (Å²) in [5, 5.41) is 18.9. The van der Waals surface area contributed by atoms with E-state index in [1.165, 1.54) is 29.2 Å². The number of carbonyl (C=O) groups is 2. The van der Waals surface area contributed by atoms with Gasteiger partial charge in [-0.25, -0.2) is 9.07 Å². The number of aromatic nitrogens is 4. The molecule has 9 nitrogen and oxygen atoms in total. The van der Waals surface area contributed by atoms with E-state index in [1.807, 2.05) is 44.2 Å². The zero-order valence-corrected chi connectivity index (χ0v) is 19.8. The van der Waals surface area contributed by atoms with Crippen LogP contribution in [-0.2, 0) is 9.59 Å². The van der Waals surface area contributed by atoms with E-state index >= 15 is 0 Å². The summed E-state index contributed by atoms with van der Waals surface area (Å²) in [6.07, 6.45) is 0.106. The van der Waals surface area contributed by atoms with E-state index in [0.717, 1.165) is 17.1 Å². The second kappa shape index (κ2) is 9.57. The lowest BCUT2D eigenvalue weighted by molar-refractivity contribution is -0.122. The lowest BCUT2D eigenvalue weighted by Gasteiger charge is -2.16. The van der Waals surface area contributed by atoms with Gasteiger partial charge in [0.25, 0.3) is 0 Å². The largest absolute Gasteiger partial charge is 0.339 e. The Kier molecular flexibility index (Phi) is 6.16. The van der Waals surface area contributed by atoms with Crippen molar-refractivity contribution in [2.45, 2.75) is 20.3 Å². The summed E-state index contributed by atoms with van der Waals surface area (Å²) in [4.78, 5) is 26.7. The van der Waals surface area contributed by atoms with E-state index in [0.29, 0.717) is 23.0 Å². The number of hydrogen-bond acceptors (Lipinski definition) is 6. The summed E-state index contributed by atoms with van der Waals surface area (Å²) in [5.41, 5.74) is 3.86. The molecule has 1 saturated heterocycles. The third kappa shape index (κ3) is 4.92. The predicted octanol–water partition coefficient (Wildman–Crippen LogP) is 4.15. The summed E-state index contributed by atoms with van der Waals surface area (Å²) in [5.74, 6) is -0.0574. The van der Waals surface area contributed by atoms with Gasteiger partial charge in [0.15, 0.2) is 11.6 Å². The van der Waals surface area contributed by atoms with Gasteiger partial charge in [0.2, 0.25) is 11.8 Å². The van der Waals surface area contributed by atoms with Crippen LogP contribution in [0.25, 0.3) is 5.82 Å². The summed E-state index contributed by atoms with van der Waals surface area (Å²) in [6, 6.07) is 18.5. The Hall–Kier alpha value is -4.60. The van der Waals surface area contributed by atoms with E-state index in [2.05, 4.69) is 25.9 Å². The SMILES string of the molecule is Cc1cc(C)n(-c2ccc(Nc3ccc(NC(=O)C4CC(=O)N(c5ccc(F)cc5)C4)cc3)nn2)n1. The van der Waals surface area contributed by atoms with Crippen LogP contribution >= 0.6 is 0 Å². The van der Waals surface area contributed by atoms with E-state index in [4.69, 9.17) is 0 Å². The van der Waals surface area contributed by atoms with Gasteiger partial charge < -0.3 is 15.5 Å². The molecule has 0 aliphatic carbocycles. The normalized spacial score (nSPS) is 15.2. The fourth-order valence-corrected chi connectivity index (χ4v) is 4.15. The number of hydrogen-bond donors (Lipinski definition) is 2. The molecule has 1 fully saturated rings. The van der Waals surface area contributed by atoms with Crippen LogP contribution in [0.15, 0.2) is 66.7 Å². The highest BCUT2D eigenvalue weighted by Gasteiger charge is 2.35. The summed E-state index contributed by atoms with van der Waals surface area (Å²) >= 11 is 0. The predicted molar refractivity (Wildman–Crippen MR) is 134 cm³/mol. The first kappa shape index (κ1) is 23.2. The van der Waals surface area contributed by atoms with Crippen molar-refractivity contribution in [2.24, 2.45) is 5.92 Å². The first-order valence-electron chi connectivity index (χ1n) is 11.5. The molecule has 2 aromatic heterocycles. The first-order chi connectivity index (χ1) is 17.4. The molecule has 0 spiro atoms. The Balaban J connectivity index is 1.18. The monoisotopic (exact) mass is 485 g/mol. The Bertz CT molecular complexity index is 1400. The van der Waals surface area contributed by atoms with Crippen molar-refractivity contribution in [3.63, 3.8) is 0 Å². The number of aryl methyl sites for hydroxylation is 2. The zero-order chi connectivity index (χ0) is 25.2. The zero-order valence-electron chi connectivity index (χ0n) is 19.8. The van der Waals surface area contributed by atoms with Gasteiger partial charge in [0, 0.05) is 35.7 Å². The fourth-order valence-electron chi connectivity index (χ4n) is 4.15. The average molecular weight is 486 g/mol. The second-order valence-electron chi connectivity index (χ2n) is 8.69. The van der Waals surface area contributed by atoms with Crippen molar-refractivity contribution >= 4 is 34.7 Å². The van der Waals surface area contributed by atoms with Crippen LogP contribution < -0.4 is 15.5 Å². The summed E-state index contributed by atoms with van der Waals surface area (Å²) in [6.45, 7) is 4.14. The lowest BCUT2D eigenvalue weighted by atomic mass is 10.1. The lowest BCUT2D eigenvalue weighted by Crippen LogP contribution is -2.28. The first-order valence-corrected chi connectivity index (χ1v) is 11.5. The molecule has 5 rings (SSSR count). The van der Waals surface area contributed by atoms with Crippen LogP contribution in [-0.4, -0.2) is 38.3 Å². The van der Waals surface area contributed by atoms with Crippen molar-refractivity contribution in [3.05, 3.63) is 83.9 Å². The third-order valence-corrected chi connectivity index (χ3v) is 5.94. The van der Waals surface area contributed by atoms with Crippen molar-refractivity contribution in [1.82, 2.24) is 20.0 Å². The highest BCUT2D eigenvalue weighted by molar-refractivity contribution is 6.03. The highest BCUT2D eigenvalue weighted by atomic mass is 19.1. The molecule has 1 unspecified atom stereocenters. The van der Waals surface area contributed by atoms with Crippen LogP contribution in [0.3, 0.4) is 0 Å². The average Bonchev–Trinajstić information content (AvgIpc) is 3.42. The van der Waals surface area contributed by atoms with Crippen LogP contribution in [0.5, 0.6) is 0 Å². The highest BCUT2D eigenvalue weighted by Crippen LogP contribution is 2.26. The van der Waals surface area contributed by atoms with Gasteiger partial charge in [-0.05, 0) is 80.6 Å². The molecule has 2 N–H and O–H groups in total. The molecule has 0 radical (unpaired) electrons. The third-order valence-electron chi connectivity index (χ3n) is 5.94. The van der Waals surface area contributed by atoms with Gasteiger partial charge in [-0.1, -0.05) is 0 Å². The second-order valence-corrected chi connectivity index (χ2v) is 8.69. The van der Waals surface area contributed by atoms with Crippen LogP contribution in [0, 0.1) is 25.6 Å². The van der Waals surface area contributed by atoms with Gasteiger partial charge >= 0.3 is 0 Å². The maximum atomic E-state index is 13.2. The smallest absolute Gasteiger partial charge is 0.229 e. The van der Waals surface area contributed by atoms with Crippen molar-refractivity contribution < 1.29 is 14.0 Å². The minimum atomic E-state index is -0.489. The van der Waals surface area contributed by atoms with E-state index in [9.17, 15) is 14.0 Å². The standard InChI is InChI=1S/C26H24FN7O2/c1-16-13-17(2)34(32-16)24-12-11-23(30-31-24)28-20-5-7-21(8-6-20)29-26(36)18-14-25(35)33(15-18)22-9-3-19(27)4-10-22/h3-13,18H,14-15H2,1-2H3,(H,28,30)(H,29,36). The molecule has 0 saturated carbocycles. The minimum absolute atomic E-state index is 0.106. The number of nitrogens with one attached hydrogen (secondary N) is 2. The maximum Gasteiger partial charge on any atom is 0.229 e. The molecule has 2 aromatic carbocycles. The fraction of sp³-hybridized carbons (Fsp3) is 0.192. The molecule has 4 aromatic rings. The number of nitrogens with zero attached hydrogens (tertiary/aromatic N) is 5. The quantitative estimate of drug-likeness (QED) is 0.425. The molecule has 2 amide bonds. The van der Waals surface area contributed by atoms with Crippen molar-refractivity contribution in [2.75, 3.05) is 22.1 Å². The molecule has 1 atom stereocenters. The topological polar surface area (TPSA) is 105 Å². The molecule has 182 valence electrons. The van der Waals surface area contributed by atoms with Gasteiger partial charge in [-0.3, -0.25) is 9.59 Å². The van der Waals surface area contributed by atoms with Crippen LogP contribution in [0.1, 0.15) is 17.8 Å². The molecule has 3 heterocycles. The van der Waals surface area contributed by atoms with Crippen LogP contribution in [0.4, 0.5) is 27.3 Å². The number of anilines is 4. The Labute approximate surface area is 207 Å². The Morgan fingerprint density at radius 3 is 2.33 bits per heavy atom. The Morgan fingerprint density at radius 2 is 1.69 bits per heavy atom. The molecular weight excluding hydrogens is 461 g/mol. The van der Waals surface area contributed by atoms with E-state index in [-0.39, 0.29) is 30.6 Å². The minimum Gasteiger partial charge on any atom is -0.339 e. The molecule has 10 heteroatoms. The molecule has 36 heavy (non-hydrogen) atoms. The summed E-state index contributed by atoms with van der Waals surface area (Å²) in [7, 11) is 0. The Morgan fingerprint density at radius 1 is 0.972 bits per heavy atom. The van der Waals surface area contributed by atoms with Gasteiger partial charge in [0.1, 0.15) is 5.82 Å². The maximum absolute atomic E-state index is 13.2. The molecule has 1 aliphatic rings. The van der Waals surface area contributed by atoms with Crippen LogP contribution in [0.2, 0.25) is 0 Å². The van der Waals surface area contributed by atoms with Crippen molar-refractivity contribution in [3.8, 4) is 5.82 Å². The van der Waals surface area contributed by atoms with Gasteiger partial charge in [-0.2, -0.15) is 5.10 Å². The number of halogens is 1. The number of amides is 2. The molecule has 1 aliphatic heterocycles. The molecular formula is C26H24FN7O2. The van der Waals surface area contributed by atoms with E-state index < -0.39 is 5.92 Å². The molecule has 0 bridgehead atoms. The number of carbonyl (C=O) groups excluding carboxylic acids is 2.